The molecule has 1 unspecified atom stereocenters. The fraction of sp³-hybridized carbons (Fsp3) is 0.476. The smallest absolute Gasteiger partial charge is 0.230 e. The number of benzene rings is 1. The highest BCUT2D eigenvalue weighted by Gasteiger charge is 2.28. The number of amides is 2. The molecule has 3 N–H and O–H groups in total. The molecule has 0 saturated carbocycles. The number of anilines is 2. The number of aromatic nitrogens is 1. The van der Waals surface area contributed by atoms with Crippen LogP contribution in [0.3, 0.4) is 0 Å². The average molecular weight is 402 g/mol. The van der Waals surface area contributed by atoms with Gasteiger partial charge in [0.1, 0.15) is 12.2 Å². The van der Waals surface area contributed by atoms with Gasteiger partial charge < -0.3 is 10.6 Å². The molecule has 2 heterocycles. The molecule has 1 saturated heterocycles. The summed E-state index contributed by atoms with van der Waals surface area (Å²) in [7, 11) is 0. The first-order valence-electron chi connectivity index (χ1n) is 9.72. The largest absolute Gasteiger partial charge is 0.369 e. The van der Waals surface area contributed by atoms with E-state index >= 15 is 0 Å². The van der Waals surface area contributed by atoms with Crippen LogP contribution in [0.5, 0.6) is 0 Å². The highest BCUT2D eigenvalue weighted by molar-refractivity contribution is 7.14. The van der Waals surface area contributed by atoms with Gasteiger partial charge in [0.15, 0.2) is 5.13 Å². The van der Waals surface area contributed by atoms with E-state index in [1.165, 1.54) is 21.8 Å². The van der Waals surface area contributed by atoms with Gasteiger partial charge in [-0.3, -0.25) is 14.5 Å². The molecular weight excluding hydrogens is 372 g/mol. The molecule has 28 heavy (non-hydrogen) atoms. The summed E-state index contributed by atoms with van der Waals surface area (Å²) < 4.78 is 0. The first-order valence-corrected chi connectivity index (χ1v) is 10.6. The third-order valence-corrected chi connectivity index (χ3v) is 6.23. The Kier molecular flexibility index (Phi) is 6.15. The molecular formula is C21H29N4O2S+. The lowest BCUT2D eigenvalue weighted by Gasteiger charge is -2.27. The first-order chi connectivity index (χ1) is 13.3. The molecule has 1 aromatic carbocycles. The molecule has 2 amide bonds. The molecule has 0 spiro atoms. The molecule has 0 radical (unpaired) electrons. The van der Waals surface area contributed by atoms with Crippen LogP contribution in [-0.4, -0.2) is 29.9 Å². The minimum Gasteiger partial charge on any atom is -0.369 e. The predicted octanol–water partition coefficient (Wildman–Crippen LogP) is 2.03. The number of rotatable bonds is 5. The number of quaternary nitrogens is 1. The summed E-state index contributed by atoms with van der Waals surface area (Å²) in [5.74, 6) is -0.298. The summed E-state index contributed by atoms with van der Waals surface area (Å²) in [5.41, 5.74) is 10.7. The van der Waals surface area contributed by atoms with Crippen LogP contribution in [0.15, 0.2) is 17.5 Å². The third kappa shape index (κ3) is 4.42. The second-order valence-corrected chi connectivity index (χ2v) is 8.68. The average Bonchev–Trinajstić information content (AvgIpc) is 3.05. The molecule has 1 aliphatic heterocycles. The van der Waals surface area contributed by atoms with Gasteiger partial charge in [0, 0.05) is 12.3 Å². The number of carbonyl (C=O) groups excluding carboxylic acids is 2. The Labute approximate surface area is 170 Å². The van der Waals surface area contributed by atoms with E-state index in [9.17, 15) is 9.59 Å². The number of carbonyl (C=O) groups is 2. The monoisotopic (exact) mass is 401 g/mol. The van der Waals surface area contributed by atoms with Crippen LogP contribution in [0.25, 0.3) is 0 Å². The van der Waals surface area contributed by atoms with E-state index in [1.807, 2.05) is 19.2 Å². The highest BCUT2D eigenvalue weighted by Crippen LogP contribution is 2.34. The van der Waals surface area contributed by atoms with Crippen molar-refractivity contribution in [3.8, 4) is 0 Å². The fourth-order valence-corrected chi connectivity index (χ4v) is 5.08. The van der Waals surface area contributed by atoms with E-state index in [4.69, 9.17) is 10.7 Å². The predicted molar refractivity (Wildman–Crippen MR) is 112 cm³/mol. The van der Waals surface area contributed by atoms with E-state index in [0.717, 1.165) is 55.0 Å². The maximum atomic E-state index is 12.5. The number of hydrogen-bond acceptors (Lipinski definition) is 4. The van der Waals surface area contributed by atoms with Crippen molar-refractivity contribution >= 4 is 34.0 Å². The SMILES string of the molecule is CC(=O)N(c1nc(C[NH+]2CCC[C@H](C(N)=O)C2)cs1)c1c(C)cc(C)cc1C. The Morgan fingerprint density at radius 1 is 1.29 bits per heavy atom. The van der Waals surface area contributed by atoms with E-state index < -0.39 is 0 Å². The second kappa shape index (κ2) is 8.41. The summed E-state index contributed by atoms with van der Waals surface area (Å²) in [6.07, 6.45) is 1.88. The zero-order valence-electron chi connectivity index (χ0n) is 17.0. The molecule has 1 fully saturated rings. The lowest BCUT2D eigenvalue weighted by atomic mass is 9.97. The molecule has 1 aliphatic rings. The Balaban J connectivity index is 1.83. The quantitative estimate of drug-likeness (QED) is 0.804. The number of likely N-dealkylation sites (tertiary alicyclic amines) is 1. The van der Waals surface area contributed by atoms with Crippen LogP contribution in [-0.2, 0) is 16.1 Å². The number of hydrogen-bond donors (Lipinski definition) is 2. The van der Waals surface area contributed by atoms with Crippen LogP contribution in [0, 0.1) is 26.7 Å². The zero-order valence-corrected chi connectivity index (χ0v) is 17.9. The van der Waals surface area contributed by atoms with Gasteiger partial charge in [-0.2, -0.15) is 0 Å². The Bertz CT molecular complexity index is 869. The molecule has 7 heteroatoms. The van der Waals surface area contributed by atoms with Gasteiger partial charge in [-0.05, 0) is 44.7 Å². The van der Waals surface area contributed by atoms with Crippen LogP contribution in [0.4, 0.5) is 10.8 Å². The van der Waals surface area contributed by atoms with E-state index in [-0.39, 0.29) is 17.7 Å². The van der Waals surface area contributed by atoms with Crippen molar-refractivity contribution in [1.29, 1.82) is 0 Å². The number of nitrogens with zero attached hydrogens (tertiary/aromatic N) is 2. The van der Waals surface area contributed by atoms with Gasteiger partial charge in [0.25, 0.3) is 0 Å². The van der Waals surface area contributed by atoms with Crippen molar-refractivity contribution in [1.82, 2.24) is 4.98 Å². The number of nitrogens with one attached hydrogen (secondary N) is 1. The van der Waals surface area contributed by atoms with Crippen molar-refractivity contribution in [2.75, 3.05) is 18.0 Å². The minimum atomic E-state index is -0.204. The van der Waals surface area contributed by atoms with Crippen molar-refractivity contribution in [2.45, 2.75) is 47.1 Å². The van der Waals surface area contributed by atoms with Gasteiger partial charge in [-0.15, -0.1) is 11.3 Å². The van der Waals surface area contributed by atoms with Gasteiger partial charge in [0.05, 0.1) is 24.7 Å². The summed E-state index contributed by atoms with van der Waals surface area (Å²) in [6, 6.07) is 4.18. The number of nitrogens with two attached hydrogens (primary N) is 1. The number of aryl methyl sites for hydroxylation is 3. The number of piperidine rings is 1. The second-order valence-electron chi connectivity index (χ2n) is 7.85. The lowest BCUT2D eigenvalue weighted by molar-refractivity contribution is -0.921. The maximum absolute atomic E-state index is 12.5. The lowest BCUT2D eigenvalue weighted by Crippen LogP contribution is -3.12. The normalized spacial score (nSPS) is 19.4. The van der Waals surface area contributed by atoms with Crippen molar-refractivity contribution in [3.63, 3.8) is 0 Å². The molecule has 0 aliphatic carbocycles. The Morgan fingerprint density at radius 2 is 1.96 bits per heavy atom. The summed E-state index contributed by atoms with van der Waals surface area (Å²) in [5, 5.41) is 2.71. The van der Waals surface area contributed by atoms with Gasteiger partial charge in [-0.25, -0.2) is 4.98 Å². The minimum absolute atomic E-state index is 0.0462. The summed E-state index contributed by atoms with van der Waals surface area (Å²) in [4.78, 5) is 31.8. The molecule has 2 atom stereocenters. The van der Waals surface area contributed by atoms with E-state index in [1.54, 1.807) is 11.8 Å². The van der Waals surface area contributed by atoms with Crippen molar-refractivity contribution in [2.24, 2.45) is 11.7 Å². The van der Waals surface area contributed by atoms with Gasteiger partial charge >= 0.3 is 0 Å². The van der Waals surface area contributed by atoms with E-state index in [0.29, 0.717) is 5.13 Å². The van der Waals surface area contributed by atoms with Crippen LogP contribution < -0.4 is 15.5 Å². The molecule has 6 nitrogen and oxygen atoms in total. The zero-order chi connectivity index (χ0) is 20.4. The summed E-state index contributed by atoms with van der Waals surface area (Å²) in [6.45, 7) is 10.2. The molecule has 150 valence electrons. The highest BCUT2D eigenvalue weighted by atomic mass is 32.1. The molecule has 0 bridgehead atoms. The maximum Gasteiger partial charge on any atom is 0.230 e. The van der Waals surface area contributed by atoms with Crippen LogP contribution in [0.2, 0.25) is 0 Å². The Hall–Kier alpha value is -2.25. The Morgan fingerprint density at radius 3 is 2.57 bits per heavy atom. The van der Waals surface area contributed by atoms with Crippen molar-refractivity contribution < 1.29 is 14.5 Å². The standard InChI is InChI=1S/C21H28N4O2S/c1-13-8-14(2)19(15(3)9-13)25(16(4)26)21-23-18(12-28-21)11-24-7-5-6-17(10-24)20(22)27/h8-9,12,17H,5-7,10-11H2,1-4H3,(H2,22,27)/p+1/t17-/m0/s1. The van der Waals surface area contributed by atoms with Crippen LogP contribution >= 0.6 is 11.3 Å². The third-order valence-electron chi connectivity index (χ3n) is 5.36. The topological polar surface area (TPSA) is 80.7 Å². The summed E-state index contributed by atoms with van der Waals surface area (Å²) >= 11 is 1.49. The first kappa shape index (κ1) is 20.5. The van der Waals surface area contributed by atoms with Crippen LogP contribution in [0.1, 0.15) is 42.1 Å². The molecule has 2 aromatic rings. The van der Waals surface area contributed by atoms with E-state index in [2.05, 4.69) is 19.1 Å². The molecule has 1 aromatic heterocycles. The van der Waals surface area contributed by atoms with Crippen molar-refractivity contribution in [3.05, 3.63) is 39.9 Å². The molecule has 3 rings (SSSR count). The fourth-order valence-electron chi connectivity index (χ4n) is 4.20. The number of primary amides is 1. The van der Waals surface area contributed by atoms with Gasteiger partial charge in [-0.1, -0.05) is 17.7 Å². The number of thiazole rings is 1. The van der Waals surface area contributed by atoms with Gasteiger partial charge in [0.2, 0.25) is 11.8 Å².